The molecule has 0 aliphatic rings. The van der Waals surface area contributed by atoms with Crippen molar-refractivity contribution in [3.8, 4) is 6.07 Å². The number of anilines is 1. The third-order valence-corrected chi connectivity index (χ3v) is 1.98. The van der Waals surface area contributed by atoms with Gasteiger partial charge in [-0.3, -0.25) is 4.79 Å². The predicted molar refractivity (Wildman–Crippen MR) is 56.5 cm³/mol. The average Bonchev–Trinajstić information content (AvgIpc) is 2.19. The van der Waals surface area contributed by atoms with E-state index in [1.807, 2.05) is 6.07 Å². The van der Waals surface area contributed by atoms with Crippen LogP contribution in [0, 0.1) is 17.1 Å². The summed E-state index contributed by atoms with van der Waals surface area (Å²) in [6, 6.07) is 5.27. The lowest BCUT2D eigenvalue weighted by molar-refractivity contribution is -0.137. The summed E-state index contributed by atoms with van der Waals surface area (Å²) in [5.41, 5.74) is 0.606. The second-order valence-corrected chi connectivity index (χ2v) is 3.44. The minimum absolute atomic E-state index is 0.0672. The molecule has 0 aliphatic carbocycles. The van der Waals surface area contributed by atoms with E-state index in [0.717, 1.165) is 6.07 Å². The third kappa shape index (κ3) is 3.24. The molecular weight excluding hydrogens is 211 g/mol. The van der Waals surface area contributed by atoms with Crippen molar-refractivity contribution < 1.29 is 14.3 Å². The van der Waals surface area contributed by atoms with Gasteiger partial charge in [0.1, 0.15) is 11.9 Å². The summed E-state index contributed by atoms with van der Waals surface area (Å²) in [6.45, 7) is 1.68. The highest BCUT2D eigenvalue weighted by molar-refractivity contribution is 5.68. The highest BCUT2D eigenvalue weighted by Crippen LogP contribution is 2.17. The van der Waals surface area contributed by atoms with Gasteiger partial charge in [0, 0.05) is 6.04 Å². The monoisotopic (exact) mass is 222 g/mol. The van der Waals surface area contributed by atoms with E-state index < -0.39 is 11.8 Å². The van der Waals surface area contributed by atoms with Crippen molar-refractivity contribution in [2.24, 2.45) is 0 Å². The smallest absolute Gasteiger partial charge is 0.305 e. The second-order valence-electron chi connectivity index (χ2n) is 3.44. The molecule has 1 atom stereocenters. The molecule has 0 amide bonds. The molecule has 0 aliphatic heterocycles. The number of hydrogen-bond donors (Lipinski definition) is 2. The first-order chi connectivity index (χ1) is 7.52. The fraction of sp³-hybridized carbons (Fsp3) is 0.273. The quantitative estimate of drug-likeness (QED) is 0.816. The van der Waals surface area contributed by atoms with Crippen LogP contribution in [-0.4, -0.2) is 17.1 Å². The Balaban J connectivity index is 2.81. The number of rotatable bonds is 4. The SMILES string of the molecule is CC(CC(=O)O)Nc1ccc(F)cc1C#N. The van der Waals surface area contributed by atoms with Crippen LogP contribution in [0.25, 0.3) is 0 Å². The van der Waals surface area contributed by atoms with E-state index >= 15 is 0 Å². The van der Waals surface area contributed by atoms with Crippen molar-refractivity contribution in [3.05, 3.63) is 29.6 Å². The first kappa shape index (κ1) is 12.0. The molecule has 0 heterocycles. The average molecular weight is 222 g/mol. The highest BCUT2D eigenvalue weighted by atomic mass is 19.1. The van der Waals surface area contributed by atoms with Gasteiger partial charge in [-0.1, -0.05) is 0 Å². The zero-order valence-corrected chi connectivity index (χ0v) is 8.70. The number of carbonyl (C=O) groups is 1. The van der Waals surface area contributed by atoms with Gasteiger partial charge in [0.15, 0.2) is 0 Å². The maximum absolute atomic E-state index is 12.8. The number of nitriles is 1. The number of halogens is 1. The lowest BCUT2D eigenvalue weighted by atomic mass is 10.1. The molecule has 2 N–H and O–H groups in total. The first-order valence-electron chi connectivity index (χ1n) is 4.71. The Kier molecular flexibility index (Phi) is 3.84. The third-order valence-electron chi connectivity index (χ3n) is 1.98. The molecular formula is C11H11FN2O2. The van der Waals surface area contributed by atoms with Crippen molar-refractivity contribution in [2.75, 3.05) is 5.32 Å². The zero-order chi connectivity index (χ0) is 12.1. The molecule has 1 unspecified atom stereocenters. The molecule has 1 aromatic rings. The second kappa shape index (κ2) is 5.12. The van der Waals surface area contributed by atoms with Crippen LogP contribution in [0.2, 0.25) is 0 Å². The van der Waals surface area contributed by atoms with Gasteiger partial charge in [-0.25, -0.2) is 4.39 Å². The number of carboxylic acid groups (broad SMARTS) is 1. The number of hydrogen-bond acceptors (Lipinski definition) is 3. The van der Waals surface area contributed by atoms with Crippen LogP contribution < -0.4 is 5.32 Å². The Morgan fingerprint density at radius 1 is 1.69 bits per heavy atom. The summed E-state index contributed by atoms with van der Waals surface area (Å²) < 4.78 is 12.8. The lowest BCUT2D eigenvalue weighted by Crippen LogP contribution is -2.19. The van der Waals surface area contributed by atoms with Crippen LogP contribution in [0.15, 0.2) is 18.2 Å². The van der Waals surface area contributed by atoms with Gasteiger partial charge in [-0.2, -0.15) is 5.26 Å². The fourth-order valence-electron chi connectivity index (χ4n) is 1.31. The molecule has 1 rings (SSSR count). The number of nitrogens with one attached hydrogen (secondary N) is 1. The maximum Gasteiger partial charge on any atom is 0.305 e. The van der Waals surface area contributed by atoms with Gasteiger partial charge in [0.25, 0.3) is 0 Å². The molecule has 0 fully saturated rings. The molecule has 0 saturated carbocycles. The van der Waals surface area contributed by atoms with Gasteiger partial charge in [-0.15, -0.1) is 0 Å². The summed E-state index contributed by atoms with van der Waals surface area (Å²) in [6.07, 6.45) is -0.0672. The molecule has 84 valence electrons. The molecule has 4 nitrogen and oxygen atoms in total. The Morgan fingerprint density at radius 2 is 2.38 bits per heavy atom. The molecule has 0 bridgehead atoms. The number of benzene rings is 1. The van der Waals surface area contributed by atoms with E-state index in [-0.39, 0.29) is 18.0 Å². The minimum Gasteiger partial charge on any atom is -0.481 e. The van der Waals surface area contributed by atoms with Gasteiger partial charge in [0.2, 0.25) is 0 Å². The highest BCUT2D eigenvalue weighted by Gasteiger charge is 2.10. The standard InChI is InChI=1S/C11H11FN2O2/c1-7(4-11(15)16)14-10-3-2-9(12)5-8(10)6-13/h2-3,5,7,14H,4H2,1H3,(H,15,16). The summed E-state index contributed by atoms with van der Waals surface area (Å²) in [7, 11) is 0. The summed E-state index contributed by atoms with van der Waals surface area (Å²) >= 11 is 0. The number of carboxylic acids is 1. The van der Waals surface area contributed by atoms with Crippen LogP contribution in [0.1, 0.15) is 18.9 Å². The molecule has 5 heteroatoms. The number of aliphatic carboxylic acids is 1. The van der Waals surface area contributed by atoms with Gasteiger partial charge >= 0.3 is 5.97 Å². The molecule has 0 spiro atoms. The van der Waals surface area contributed by atoms with E-state index in [2.05, 4.69) is 5.32 Å². The van der Waals surface area contributed by atoms with E-state index in [1.165, 1.54) is 12.1 Å². The van der Waals surface area contributed by atoms with Crippen LogP contribution in [0.4, 0.5) is 10.1 Å². The lowest BCUT2D eigenvalue weighted by Gasteiger charge is -2.14. The molecule has 0 aromatic heterocycles. The summed E-state index contributed by atoms with van der Waals surface area (Å²) in [5, 5.41) is 20.2. The first-order valence-corrected chi connectivity index (χ1v) is 4.71. The maximum atomic E-state index is 12.8. The Labute approximate surface area is 92.3 Å². The number of nitrogens with zero attached hydrogens (tertiary/aromatic N) is 1. The van der Waals surface area contributed by atoms with Gasteiger partial charge in [-0.05, 0) is 25.1 Å². The Hall–Kier alpha value is -2.09. The fourth-order valence-corrected chi connectivity index (χ4v) is 1.31. The van der Waals surface area contributed by atoms with E-state index in [4.69, 9.17) is 10.4 Å². The topological polar surface area (TPSA) is 73.1 Å². The van der Waals surface area contributed by atoms with E-state index in [1.54, 1.807) is 6.92 Å². The van der Waals surface area contributed by atoms with Crippen molar-refractivity contribution >= 4 is 11.7 Å². The summed E-state index contributed by atoms with van der Waals surface area (Å²) in [4.78, 5) is 10.4. The van der Waals surface area contributed by atoms with Crippen molar-refractivity contribution in [1.29, 1.82) is 5.26 Å². The predicted octanol–water partition coefficient (Wildman–Crippen LogP) is 1.97. The zero-order valence-electron chi connectivity index (χ0n) is 8.70. The molecule has 1 aromatic carbocycles. The van der Waals surface area contributed by atoms with Gasteiger partial charge < -0.3 is 10.4 Å². The van der Waals surface area contributed by atoms with E-state index in [0.29, 0.717) is 5.69 Å². The van der Waals surface area contributed by atoms with Crippen LogP contribution >= 0.6 is 0 Å². The molecule has 0 saturated heterocycles. The van der Waals surface area contributed by atoms with Crippen LogP contribution in [0.3, 0.4) is 0 Å². The van der Waals surface area contributed by atoms with Crippen LogP contribution in [0.5, 0.6) is 0 Å². The van der Waals surface area contributed by atoms with Gasteiger partial charge in [0.05, 0.1) is 17.7 Å². The molecule has 16 heavy (non-hydrogen) atoms. The van der Waals surface area contributed by atoms with Crippen molar-refractivity contribution in [1.82, 2.24) is 0 Å². The Bertz CT molecular complexity index is 440. The van der Waals surface area contributed by atoms with E-state index in [9.17, 15) is 9.18 Å². The normalized spacial score (nSPS) is 11.6. The van der Waals surface area contributed by atoms with Crippen molar-refractivity contribution in [2.45, 2.75) is 19.4 Å². The van der Waals surface area contributed by atoms with Crippen molar-refractivity contribution in [3.63, 3.8) is 0 Å². The summed E-state index contributed by atoms with van der Waals surface area (Å²) in [5.74, 6) is -1.42. The molecule has 0 radical (unpaired) electrons. The largest absolute Gasteiger partial charge is 0.481 e. The Morgan fingerprint density at radius 3 is 2.94 bits per heavy atom. The minimum atomic E-state index is -0.930. The van der Waals surface area contributed by atoms with Crippen LogP contribution in [-0.2, 0) is 4.79 Å².